The fourth-order valence-corrected chi connectivity index (χ4v) is 1.78. The zero-order valence-electron chi connectivity index (χ0n) is 12.2. The first-order chi connectivity index (χ1) is 10.3. The third-order valence-electron chi connectivity index (χ3n) is 2.74. The van der Waals surface area contributed by atoms with Crippen LogP contribution < -0.4 is 9.47 Å². The summed E-state index contributed by atoms with van der Waals surface area (Å²) in [6.45, 7) is 6.76. The molecule has 0 aliphatic rings. The summed E-state index contributed by atoms with van der Waals surface area (Å²) in [7, 11) is 0. The van der Waals surface area contributed by atoms with Crippen molar-refractivity contribution in [3.63, 3.8) is 0 Å². The average Bonchev–Trinajstić information content (AvgIpc) is 2.53. The van der Waals surface area contributed by atoms with Gasteiger partial charge in [-0.25, -0.2) is 0 Å². The van der Waals surface area contributed by atoms with Gasteiger partial charge in [0.15, 0.2) is 0 Å². The van der Waals surface area contributed by atoms with E-state index in [4.69, 9.17) is 9.47 Å². The van der Waals surface area contributed by atoms with Crippen LogP contribution in [0.25, 0.3) is 0 Å². The Morgan fingerprint density at radius 2 is 1.86 bits per heavy atom. The van der Waals surface area contributed by atoms with Crippen molar-refractivity contribution in [2.24, 2.45) is 4.99 Å². The topological polar surface area (TPSA) is 30.8 Å². The molecule has 0 fully saturated rings. The molecule has 0 atom stereocenters. The Labute approximate surface area is 125 Å². The molecule has 2 aromatic carbocycles. The molecule has 0 unspecified atom stereocenters. The van der Waals surface area contributed by atoms with E-state index < -0.39 is 0 Å². The lowest BCUT2D eigenvalue weighted by atomic mass is 10.2. The minimum atomic E-state index is 0.499. The highest BCUT2D eigenvalue weighted by atomic mass is 16.5. The van der Waals surface area contributed by atoms with Gasteiger partial charge in [-0.15, -0.1) is 0 Å². The number of hydrogen-bond acceptors (Lipinski definition) is 3. The Kier molecular flexibility index (Phi) is 5.59. The highest BCUT2D eigenvalue weighted by molar-refractivity contribution is 5.82. The molecule has 0 N–H and O–H groups in total. The zero-order valence-corrected chi connectivity index (χ0v) is 12.2. The van der Waals surface area contributed by atoms with Gasteiger partial charge in [0.05, 0.1) is 12.3 Å². The monoisotopic (exact) mass is 281 g/mol. The molecule has 108 valence electrons. The summed E-state index contributed by atoms with van der Waals surface area (Å²) in [6.07, 6.45) is 3.54. The van der Waals surface area contributed by atoms with Crippen molar-refractivity contribution in [1.82, 2.24) is 0 Å². The fourth-order valence-electron chi connectivity index (χ4n) is 1.78. The van der Waals surface area contributed by atoms with E-state index in [-0.39, 0.29) is 0 Å². The third kappa shape index (κ3) is 4.80. The van der Waals surface area contributed by atoms with Crippen LogP contribution in [0.15, 0.2) is 66.2 Å². The van der Waals surface area contributed by atoms with Gasteiger partial charge >= 0.3 is 0 Å². The number of rotatable bonds is 7. The average molecular weight is 281 g/mol. The van der Waals surface area contributed by atoms with E-state index in [1.54, 1.807) is 6.08 Å². The highest BCUT2D eigenvalue weighted by Crippen LogP contribution is 2.18. The van der Waals surface area contributed by atoms with Gasteiger partial charge in [0, 0.05) is 6.21 Å². The molecule has 3 heteroatoms. The van der Waals surface area contributed by atoms with Gasteiger partial charge in [0.2, 0.25) is 0 Å². The van der Waals surface area contributed by atoms with Crippen molar-refractivity contribution >= 4 is 11.9 Å². The van der Waals surface area contributed by atoms with Gasteiger partial charge in [0.1, 0.15) is 18.1 Å². The van der Waals surface area contributed by atoms with Crippen molar-refractivity contribution in [2.75, 3.05) is 13.2 Å². The van der Waals surface area contributed by atoms with Crippen molar-refractivity contribution in [3.8, 4) is 11.5 Å². The Balaban J connectivity index is 2.04. The van der Waals surface area contributed by atoms with Crippen LogP contribution in [0.3, 0.4) is 0 Å². The number of aliphatic imine (C=N–C) groups is 1. The normalized spacial score (nSPS) is 10.5. The molecular formula is C18H19NO2. The molecule has 0 heterocycles. The van der Waals surface area contributed by atoms with Crippen LogP contribution in [-0.2, 0) is 0 Å². The number of ether oxygens (including phenoxy) is 2. The van der Waals surface area contributed by atoms with E-state index in [0.29, 0.717) is 13.2 Å². The van der Waals surface area contributed by atoms with Crippen molar-refractivity contribution in [2.45, 2.75) is 6.92 Å². The first kappa shape index (κ1) is 14.9. The van der Waals surface area contributed by atoms with Gasteiger partial charge in [-0.3, -0.25) is 4.99 Å². The first-order valence-electron chi connectivity index (χ1n) is 6.92. The molecule has 3 nitrogen and oxygen atoms in total. The molecule has 0 aliphatic heterocycles. The molecule has 0 aliphatic carbocycles. The Morgan fingerprint density at radius 1 is 1.05 bits per heavy atom. The van der Waals surface area contributed by atoms with Gasteiger partial charge < -0.3 is 9.47 Å². The van der Waals surface area contributed by atoms with Gasteiger partial charge in [0.25, 0.3) is 0 Å². The molecule has 0 saturated heterocycles. The van der Waals surface area contributed by atoms with E-state index in [1.807, 2.05) is 61.7 Å². The molecule has 2 rings (SSSR count). The van der Waals surface area contributed by atoms with Gasteiger partial charge in [-0.2, -0.15) is 0 Å². The maximum Gasteiger partial charge on any atom is 0.120 e. The minimum Gasteiger partial charge on any atom is -0.494 e. The Morgan fingerprint density at radius 3 is 2.57 bits per heavy atom. The van der Waals surface area contributed by atoms with Gasteiger partial charge in [-0.05, 0) is 48.9 Å². The quantitative estimate of drug-likeness (QED) is 0.556. The number of nitrogens with zero attached hydrogens (tertiary/aromatic N) is 1. The second-order valence-electron chi connectivity index (χ2n) is 4.36. The molecule has 21 heavy (non-hydrogen) atoms. The molecule has 2 aromatic rings. The van der Waals surface area contributed by atoms with E-state index in [2.05, 4.69) is 11.6 Å². The van der Waals surface area contributed by atoms with Gasteiger partial charge in [-0.1, -0.05) is 24.8 Å². The smallest absolute Gasteiger partial charge is 0.120 e. The SMILES string of the molecule is C=CCOc1cccc(C=Nc2ccc(OCC)cc2)c1. The van der Waals surface area contributed by atoms with Crippen LogP contribution in [0.4, 0.5) is 5.69 Å². The molecule has 0 aromatic heterocycles. The van der Waals surface area contributed by atoms with E-state index in [1.165, 1.54) is 0 Å². The van der Waals surface area contributed by atoms with E-state index in [9.17, 15) is 0 Å². The van der Waals surface area contributed by atoms with Crippen LogP contribution >= 0.6 is 0 Å². The standard InChI is InChI=1S/C18H19NO2/c1-3-12-21-18-7-5-6-15(13-18)14-19-16-8-10-17(11-9-16)20-4-2/h3,5-11,13-14H,1,4,12H2,2H3. The lowest BCUT2D eigenvalue weighted by Crippen LogP contribution is -1.93. The van der Waals surface area contributed by atoms with Crippen molar-refractivity contribution in [3.05, 3.63) is 66.7 Å². The predicted octanol–water partition coefficient (Wildman–Crippen LogP) is 4.40. The first-order valence-corrected chi connectivity index (χ1v) is 6.92. The second-order valence-corrected chi connectivity index (χ2v) is 4.36. The summed E-state index contributed by atoms with van der Waals surface area (Å²) in [5.41, 5.74) is 1.88. The maximum atomic E-state index is 5.49. The van der Waals surface area contributed by atoms with E-state index >= 15 is 0 Å². The van der Waals surface area contributed by atoms with Crippen LogP contribution in [0, 0.1) is 0 Å². The number of hydrogen-bond donors (Lipinski definition) is 0. The molecule has 0 spiro atoms. The molecule has 0 saturated carbocycles. The summed E-state index contributed by atoms with van der Waals surface area (Å²) in [4.78, 5) is 4.44. The Hall–Kier alpha value is -2.55. The molecule has 0 radical (unpaired) electrons. The lowest BCUT2D eigenvalue weighted by Gasteiger charge is -2.04. The van der Waals surface area contributed by atoms with Crippen LogP contribution in [-0.4, -0.2) is 19.4 Å². The summed E-state index contributed by atoms with van der Waals surface area (Å²) >= 11 is 0. The molecule has 0 amide bonds. The summed E-state index contributed by atoms with van der Waals surface area (Å²) in [5, 5.41) is 0. The molecular weight excluding hydrogens is 262 g/mol. The maximum absolute atomic E-state index is 5.49. The van der Waals surface area contributed by atoms with Crippen LogP contribution in [0.5, 0.6) is 11.5 Å². The largest absolute Gasteiger partial charge is 0.494 e. The zero-order chi connectivity index (χ0) is 14.9. The highest BCUT2D eigenvalue weighted by Gasteiger charge is 1.95. The number of benzene rings is 2. The fraction of sp³-hybridized carbons (Fsp3) is 0.167. The van der Waals surface area contributed by atoms with Crippen molar-refractivity contribution in [1.29, 1.82) is 0 Å². The predicted molar refractivity (Wildman–Crippen MR) is 87.0 cm³/mol. The lowest BCUT2D eigenvalue weighted by molar-refractivity contribution is 0.340. The van der Waals surface area contributed by atoms with Crippen LogP contribution in [0.2, 0.25) is 0 Å². The van der Waals surface area contributed by atoms with Crippen LogP contribution in [0.1, 0.15) is 12.5 Å². The summed E-state index contributed by atoms with van der Waals surface area (Å²) in [6, 6.07) is 15.5. The Bertz CT molecular complexity index is 603. The van der Waals surface area contributed by atoms with Crippen molar-refractivity contribution < 1.29 is 9.47 Å². The minimum absolute atomic E-state index is 0.499. The summed E-state index contributed by atoms with van der Waals surface area (Å²) < 4.78 is 10.9. The van der Waals surface area contributed by atoms with E-state index in [0.717, 1.165) is 22.7 Å². The molecule has 0 bridgehead atoms. The third-order valence-corrected chi connectivity index (χ3v) is 2.74. The summed E-state index contributed by atoms with van der Waals surface area (Å²) in [5.74, 6) is 1.67. The second kappa shape index (κ2) is 7.90.